The molecule has 13 nitrogen and oxygen atoms in total. The van der Waals surface area contributed by atoms with Crippen molar-refractivity contribution in [2.24, 2.45) is 17.8 Å². The number of benzene rings is 1. The van der Waals surface area contributed by atoms with Gasteiger partial charge in [0.25, 0.3) is 5.67 Å². The minimum atomic E-state index is -3.16. The number of ketones is 2. The number of amides is 1. The van der Waals surface area contributed by atoms with E-state index in [1.807, 2.05) is 32.2 Å². The maximum absolute atomic E-state index is 16.9. The van der Waals surface area contributed by atoms with Crippen molar-refractivity contribution >= 4 is 34.5 Å². The molecule has 0 radical (unpaired) electrons. The summed E-state index contributed by atoms with van der Waals surface area (Å²) in [4.78, 5) is 58.2. The summed E-state index contributed by atoms with van der Waals surface area (Å²) in [7, 11) is 1.41. The van der Waals surface area contributed by atoms with Crippen LogP contribution < -0.4 is 5.32 Å². The largest absolute Gasteiger partial charge is 0.455 e. The molecule has 3 aliphatic heterocycles. The summed E-state index contributed by atoms with van der Waals surface area (Å²) in [5.41, 5.74) is -5.06. The number of aryl methyl sites for hydroxylation is 1. The highest BCUT2D eigenvalue weighted by Gasteiger charge is 2.61. The number of hydrogen-bond acceptors (Lipinski definition) is 11. The van der Waals surface area contributed by atoms with Crippen molar-refractivity contribution in [3.63, 3.8) is 0 Å². The zero-order chi connectivity index (χ0) is 42.0. The maximum Gasteiger partial charge on any atom is 0.410 e. The number of alkyl halides is 1. The number of esters is 1. The van der Waals surface area contributed by atoms with Crippen molar-refractivity contribution in [2.45, 2.75) is 161 Å². The Morgan fingerprint density at radius 3 is 2.33 bits per heavy atom. The normalized spacial score (nSPS) is 38.5. The van der Waals surface area contributed by atoms with Gasteiger partial charge in [-0.25, -0.2) is 14.0 Å². The van der Waals surface area contributed by atoms with Gasteiger partial charge in [0.05, 0.1) is 23.9 Å². The third-order valence-electron chi connectivity index (χ3n) is 12.7. The Kier molecular flexibility index (Phi) is 14.0. The van der Waals surface area contributed by atoms with Crippen LogP contribution in [-0.2, 0) is 44.6 Å². The quantitative estimate of drug-likeness (QED) is 0.162. The Hall–Kier alpha value is -3.43. The predicted molar refractivity (Wildman–Crippen MR) is 211 cm³/mol. The van der Waals surface area contributed by atoms with Crippen LogP contribution in [0.3, 0.4) is 0 Å². The number of aromatic nitrogens is 1. The first kappa shape index (κ1) is 44.7. The number of cyclic esters (lactones) is 1. The molecule has 1 aromatic carbocycles. The molecule has 3 fully saturated rings. The number of ether oxygens (including phenoxy) is 5. The second-order valence-electron chi connectivity index (χ2n) is 17.0. The number of carbonyl (C=O) groups excluding carboxylic acids is 4. The van der Waals surface area contributed by atoms with E-state index < -0.39 is 89.2 Å². The number of carbonyl (C=O) groups is 4. The molecular weight excluding hydrogens is 737 g/mol. The van der Waals surface area contributed by atoms with Crippen molar-refractivity contribution in [3.05, 3.63) is 36.5 Å². The molecule has 318 valence electrons. The standard InChI is InChI=1S/C43H64FN3O10/c1-11-32-43(9)35(47(40(52)57-43)21-16-15-20-46-22-19-29-17-13-14-18-31(29)46)27(5)33(48)25(3)24-41(7,53-10)37(28(6)36(50)42(8,44)39(51)55-32)56-38-34(49)30(45-12-2)23-26(4)54-38/h13-14,17-19,22,25-28,30,32,34-35,37-38,45,49H,11-12,15-16,20-21,23-24H2,1-10H3/t25-,26-,27+,28-,30+,32-,34+,35?,37-,38+,41-,42+,43-/m1/s1. The Labute approximate surface area is 336 Å². The van der Waals surface area contributed by atoms with Crippen LogP contribution in [0.2, 0.25) is 0 Å². The van der Waals surface area contributed by atoms with Gasteiger partial charge in [0.2, 0.25) is 0 Å². The lowest BCUT2D eigenvalue weighted by Crippen LogP contribution is -2.62. The molecule has 2 aromatic rings. The molecule has 5 rings (SSSR count). The molecule has 0 bridgehead atoms. The van der Waals surface area contributed by atoms with Crippen molar-refractivity contribution in [1.82, 2.24) is 14.8 Å². The number of hydrogen-bond donors (Lipinski definition) is 2. The van der Waals surface area contributed by atoms with Gasteiger partial charge in [-0.1, -0.05) is 52.8 Å². The van der Waals surface area contributed by atoms with Crippen LogP contribution in [-0.4, -0.2) is 118 Å². The SMILES string of the molecule is CCN[C@H]1C[C@@H](C)O[C@@H](O[C@@H]2[C@H](C)C(=O)[C@](C)(F)C(=O)O[C@H](CC)[C@@]3(C)OC(=O)N(CCCCn4ccc5ccccc54)C3[C@@H](C)C(=O)[C@H](C)C[C@@]2(C)OC)[C@H]1O. The van der Waals surface area contributed by atoms with E-state index >= 15 is 4.39 Å². The van der Waals surface area contributed by atoms with E-state index in [9.17, 15) is 24.3 Å². The van der Waals surface area contributed by atoms with E-state index in [1.165, 1.54) is 14.0 Å². The number of nitrogens with one attached hydrogen (secondary N) is 1. The van der Waals surface area contributed by atoms with E-state index in [0.29, 0.717) is 25.9 Å². The molecular formula is C43H64FN3O10. The lowest BCUT2D eigenvalue weighted by atomic mass is 9.73. The fraction of sp³-hybridized carbons (Fsp3) is 0.721. The first-order valence-corrected chi connectivity index (χ1v) is 20.6. The van der Waals surface area contributed by atoms with Gasteiger partial charge in [-0.2, -0.15) is 0 Å². The molecule has 14 heteroatoms. The van der Waals surface area contributed by atoms with E-state index in [0.717, 1.165) is 24.2 Å². The van der Waals surface area contributed by atoms with Crippen LogP contribution >= 0.6 is 0 Å². The highest BCUT2D eigenvalue weighted by atomic mass is 19.1. The first-order chi connectivity index (χ1) is 26.8. The highest BCUT2D eigenvalue weighted by Crippen LogP contribution is 2.43. The van der Waals surface area contributed by atoms with Gasteiger partial charge in [0.1, 0.15) is 18.0 Å². The van der Waals surface area contributed by atoms with Gasteiger partial charge in [-0.3, -0.25) is 9.59 Å². The summed E-state index contributed by atoms with van der Waals surface area (Å²) in [6.07, 6.45) is -1.95. The summed E-state index contributed by atoms with van der Waals surface area (Å²) in [6, 6.07) is 8.86. The topological polar surface area (TPSA) is 155 Å². The number of methoxy groups -OCH3 is 1. The van der Waals surface area contributed by atoms with E-state index in [-0.39, 0.29) is 31.3 Å². The maximum atomic E-state index is 16.9. The molecule has 1 amide bonds. The number of aliphatic hydroxyl groups is 1. The number of fused-ring (bicyclic) bond motifs is 2. The average molecular weight is 802 g/mol. The van der Waals surface area contributed by atoms with Crippen molar-refractivity contribution in [3.8, 4) is 0 Å². The van der Waals surface area contributed by atoms with E-state index in [4.69, 9.17) is 23.7 Å². The summed E-state index contributed by atoms with van der Waals surface area (Å²) in [5.74, 6) is -5.70. The smallest absolute Gasteiger partial charge is 0.410 e. The van der Waals surface area contributed by atoms with Crippen LogP contribution in [0.4, 0.5) is 9.18 Å². The Bertz CT molecular complexity index is 1750. The summed E-state index contributed by atoms with van der Waals surface area (Å²) >= 11 is 0. The van der Waals surface area contributed by atoms with Crippen LogP contribution in [0.25, 0.3) is 10.9 Å². The number of halogens is 1. The lowest BCUT2D eigenvalue weighted by molar-refractivity contribution is -0.290. The van der Waals surface area contributed by atoms with Crippen LogP contribution in [0.1, 0.15) is 94.4 Å². The molecule has 2 N–H and O–H groups in total. The van der Waals surface area contributed by atoms with Crippen LogP contribution in [0, 0.1) is 17.8 Å². The van der Waals surface area contributed by atoms with Gasteiger partial charge in [-0.05, 0) is 83.9 Å². The molecule has 4 heterocycles. The number of rotatable bonds is 11. The highest BCUT2D eigenvalue weighted by molar-refractivity contribution is 6.08. The number of para-hydroxylation sites is 1. The van der Waals surface area contributed by atoms with E-state index in [2.05, 4.69) is 28.1 Å². The van der Waals surface area contributed by atoms with Crippen molar-refractivity contribution < 1.29 is 52.4 Å². The molecule has 0 spiro atoms. The summed E-state index contributed by atoms with van der Waals surface area (Å²) in [6.45, 7) is 16.1. The van der Waals surface area contributed by atoms with Crippen LogP contribution in [0.15, 0.2) is 36.5 Å². The Balaban J connectivity index is 1.49. The fourth-order valence-electron chi connectivity index (χ4n) is 9.59. The Morgan fingerprint density at radius 2 is 1.67 bits per heavy atom. The molecule has 0 aliphatic carbocycles. The van der Waals surface area contributed by atoms with Gasteiger partial charge >= 0.3 is 12.1 Å². The molecule has 0 saturated carbocycles. The second-order valence-corrected chi connectivity index (χ2v) is 17.0. The lowest BCUT2D eigenvalue weighted by Gasteiger charge is -2.46. The Morgan fingerprint density at radius 1 is 0.982 bits per heavy atom. The molecule has 13 atom stereocenters. The van der Waals surface area contributed by atoms with Gasteiger partial charge in [-0.15, -0.1) is 0 Å². The molecule has 1 aromatic heterocycles. The number of unbranched alkanes of at least 4 members (excludes halogenated alkanes) is 1. The van der Waals surface area contributed by atoms with Crippen molar-refractivity contribution in [1.29, 1.82) is 0 Å². The summed E-state index contributed by atoms with van der Waals surface area (Å²) in [5, 5.41) is 15.7. The van der Waals surface area contributed by atoms with Gasteiger partial charge in [0.15, 0.2) is 17.7 Å². The minimum Gasteiger partial charge on any atom is -0.455 e. The third kappa shape index (κ3) is 8.80. The zero-order valence-corrected chi connectivity index (χ0v) is 35.3. The average Bonchev–Trinajstić information content (AvgIpc) is 3.71. The molecule has 3 aliphatic rings. The van der Waals surface area contributed by atoms with Gasteiger partial charge < -0.3 is 43.6 Å². The zero-order valence-electron chi connectivity index (χ0n) is 35.3. The number of Topliss-reactive ketones (excluding diaryl/α,β-unsaturated/α-hetero) is 2. The minimum absolute atomic E-state index is 0.0116. The predicted octanol–water partition coefficient (Wildman–Crippen LogP) is 5.77. The van der Waals surface area contributed by atoms with Gasteiger partial charge in [0, 0.05) is 55.7 Å². The molecule has 1 unspecified atom stereocenters. The number of nitrogens with zero attached hydrogens (tertiary/aromatic N) is 2. The number of aliphatic hydroxyl groups excluding tert-OH is 1. The monoisotopic (exact) mass is 801 g/mol. The third-order valence-corrected chi connectivity index (χ3v) is 12.7. The van der Waals surface area contributed by atoms with Crippen LogP contribution in [0.5, 0.6) is 0 Å². The van der Waals surface area contributed by atoms with Crippen molar-refractivity contribution in [2.75, 3.05) is 20.2 Å². The first-order valence-electron chi connectivity index (χ1n) is 20.6. The number of likely N-dealkylation sites (N-methyl/N-ethyl adjacent to an activating group) is 1. The fourth-order valence-corrected chi connectivity index (χ4v) is 9.59. The second kappa shape index (κ2) is 17.8. The van der Waals surface area contributed by atoms with E-state index in [1.54, 1.807) is 39.5 Å². The molecule has 3 saturated heterocycles. The molecule has 57 heavy (non-hydrogen) atoms. The summed E-state index contributed by atoms with van der Waals surface area (Å²) < 4.78 is 49.6.